The molecular formula is C18H26ClF3N2O2. The van der Waals surface area contributed by atoms with Crippen molar-refractivity contribution in [2.45, 2.75) is 52.1 Å². The molecule has 2 bridgehead atoms. The summed E-state index contributed by atoms with van der Waals surface area (Å²) in [6.07, 6.45) is 1.86. The van der Waals surface area contributed by atoms with Crippen LogP contribution in [0.2, 0.25) is 5.15 Å². The molecule has 26 heavy (non-hydrogen) atoms. The minimum atomic E-state index is -4.43. The van der Waals surface area contributed by atoms with E-state index in [9.17, 15) is 18.0 Å². The number of aromatic nitrogens is 1. The predicted octanol–water partition coefficient (Wildman–Crippen LogP) is 5.35. The summed E-state index contributed by atoms with van der Waals surface area (Å²) in [6.45, 7) is 4.00. The molecule has 0 saturated heterocycles. The number of nitrogen functional groups attached to an aromatic ring is 1. The van der Waals surface area contributed by atoms with Gasteiger partial charge in [0.15, 0.2) is 0 Å². The van der Waals surface area contributed by atoms with E-state index < -0.39 is 11.7 Å². The quantitative estimate of drug-likeness (QED) is 0.515. The van der Waals surface area contributed by atoms with Crippen LogP contribution >= 0.6 is 11.6 Å². The van der Waals surface area contributed by atoms with Crippen molar-refractivity contribution in [3.8, 4) is 0 Å². The lowest BCUT2D eigenvalue weighted by atomic mass is 9.65. The fraction of sp³-hybridized carbons (Fsp3) is 0.667. The van der Waals surface area contributed by atoms with E-state index in [0.717, 1.165) is 24.5 Å². The summed E-state index contributed by atoms with van der Waals surface area (Å²) >= 11 is 5.27. The minimum Gasteiger partial charge on any atom is -0.469 e. The number of halogens is 4. The Labute approximate surface area is 157 Å². The summed E-state index contributed by atoms with van der Waals surface area (Å²) in [6, 6.07) is 1.45. The second-order valence-electron chi connectivity index (χ2n) is 6.25. The first-order valence-corrected chi connectivity index (χ1v) is 9.16. The molecule has 4 nitrogen and oxygen atoms in total. The molecule has 148 valence electrons. The molecule has 1 aromatic heterocycles. The van der Waals surface area contributed by atoms with E-state index in [-0.39, 0.29) is 22.9 Å². The number of hydrogen-bond acceptors (Lipinski definition) is 4. The van der Waals surface area contributed by atoms with Gasteiger partial charge in [0.05, 0.1) is 18.6 Å². The van der Waals surface area contributed by atoms with Crippen LogP contribution in [0.3, 0.4) is 0 Å². The Bertz CT molecular complexity index is 568. The molecule has 0 amide bonds. The number of ether oxygens (including phenoxy) is 1. The zero-order chi connectivity index (χ0) is 19.9. The molecule has 1 heterocycles. The zero-order valence-corrected chi connectivity index (χ0v) is 16.0. The Balaban J connectivity index is 0.000000238. The average molecular weight is 395 g/mol. The van der Waals surface area contributed by atoms with Crippen LogP contribution in [-0.2, 0) is 15.7 Å². The Morgan fingerprint density at radius 1 is 1.23 bits per heavy atom. The third kappa shape index (κ3) is 6.34. The third-order valence-corrected chi connectivity index (χ3v) is 4.89. The Kier molecular flexibility index (Phi) is 8.67. The highest BCUT2D eigenvalue weighted by Crippen LogP contribution is 2.45. The van der Waals surface area contributed by atoms with Crippen molar-refractivity contribution in [3.63, 3.8) is 0 Å². The molecule has 3 aliphatic rings. The molecule has 3 fully saturated rings. The Hall–Kier alpha value is -1.50. The van der Waals surface area contributed by atoms with E-state index in [4.69, 9.17) is 22.1 Å². The van der Waals surface area contributed by atoms with Crippen molar-refractivity contribution in [3.05, 3.63) is 22.8 Å². The minimum absolute atomic E-state index is 0.0319. The molecule has 1 atom stereocenters. The fourth-order valence-corrected chi connectivity index (χ4v) is 3.71. The van der Waals surface area contributed by atoms with Crippen LogP contribution in [0, 0.1) is 17.8 Å². The number of carbonyl (C=O) groups excluding carboxylic acids is 1. The molecule has 0 aliphatic heterocycles. The maximum atomic E-state index is 12.0. The lowest BCUT2D eigenvalue weighted by molar-refractivity contribution is -0.151. The SMILES string of the molecule is CC.COC(=O)C1CC2CCC1CC2.Nc1cc(C(F)(F)F)cc(Cl)n1. The molecule has 3 aliphatic carbocycles. The number of methoxy groups -OCH3 is 1. The maximum absolute atomic E-state index is 12.0. The fourth-order valence-electron chi connectivity index (χ4n) is 3.50. The van der Waals surface area contributed by atoms with Gasteiger partial charge in [-0.05, 0) is 43.2 Å². The topological polar surface area (TPSA) is 65.2 Å². The smallest absolute Gasteiger partial charge is 0.416 e. The van der Waals surface area contributed by atoms with E-state index in [1.165, 1.54) is 32.8 Å². The number of fused-ring (bicyclic) bond motifs is 3. The number of alkyl halides is 3. The van der Waals surface area contributed by atoms with Gasteiger partial charge in [-0.3, -0.25) is 4.79 Å². The molecule has 1 aromatic rings. The Morgan fingerprint density at radius 3 is 2.19 bits per heavy atom. The number of pyridine rings is 1. The van der Waals surface area contributed by atoms with Crippen molar-refractivity contribution in [2.24, 2.45) is 17.8 Å². The van der Waals surface area contributed by atoms with E-state index in [1.54, 1.807) is 0 Å². The number of nitrogens with two attached hydrogens (primary N) is 1. The van der Waals surface area contributed by atoms with Gasteiger partial charge in [0.1, 0.15) is 11.0 Å². The number of hydrogen-bond donors (Lipinski definition) is 1. The van der Waals surface area contributed by atoms with Crippen LogP contribution in [0.15, 0.2) is 12.1 Å². The summed E-state index contributed by atoms with van der Waals surface area (Å²) in [4.78, 5) is 14.7. The summed E-state index contributed by atoms with van der Waals surface area (Å²) in [5, 5.41) is -0.262. The summed E-state index contributed by atoms with van der Waals surface area (Å²) < 4.78 is 40.8. The van der Waals surface area contributed by atoms with Crippen molar-refractivity contribution >= 4 is 23.4 Å². The number of carbonyl (C=O) groups is 1. The zero-order valence-electron chi connectivity index (χ0n) is 15.3. The first-order valence-electron chi connectivity index (χ1n) is 8.78. The third-order valence-electron chi connectivity index (χ3n) is 4.69. The van der Waals surface area contributed by atoms with Gasteiger partial charge in [0.25, 0.3) is 0 Å². The van der Waals surface area contributed by atoms with Crippen LogP contribution in [-0.4, -0.2) is 18.1 Å². The number of anilines is 1. The van der Waals surface area contributed by atoms with Crippen molar-refractivity contribution in [1.29, 1.82) is 0 Å². The molecule has 4 rings (SSSR count). The van der Waals surface area contributed by atoms with Crippen molar-refractivity contribution in [2.75, 3.05) is 12.8 Å². The van der Waals surface area contributed by atoms with E-state index in [1.807, 2.05) is 13.8 Å². The molecule has 3 saturated carbocycles. The number of nitrogens with zero attached hydrogens (tertiary/aromatic N) is 1. The number of esters is 1. The van der Waals surface area contributed by atoms with Gasteiger partial charge in [0.2, 0.25) is 0 Å². The van der Waals surface area contributed by atoms with Crippen LogP contribution < -0.4 is 5.73 Å². The monoisotopic (exact) mass is 394 g/mol. The summed E-state index contributed by atoms with van der Waals surface area (Å²) in [5.41, 5.74) is 4.17. The lowest BCUT2D eigenvalue weighted by Crippen LogP contribution is -2.36. The molecule has 8 heteroatoms. The summed E-state index contributed by atoms with van der Waals surface area (Å²) in [7, 11) is 1.50. The number of rotatable bonds is 1. The van der Waals surface area contributed by atoms with Crippen LogP contribution in [0.5, 0.6) is 0 Å². The van der Waals surface area contributed by atoms with E-state index >= 15 is 0 Å². The standard InChI is InChI=1S/C10H16O2.C6H4ClF3N2.C2H6/c1-12-10(11)9-6-7-2-4-8(9)5-3-7;7-4-1-3(6(8,9)10)2-5(11)12-4;1-2/h7-9H,2-6H2,1H3;1-2H,(H2,11,12);1-2H3. The predicted molar refractivity (Wildman–Crippen MR) is 95.6 cm³/mol. The van der Waals surface area contributed by atoms with Gasteiger partial charge >= 0.3 is 12.1 Å². The largest absolute Gasteiger partial charge is 0.469 e. The highest BCUT2D eigenvalue weighted by molar-refractivity contribution is 6.29. The highest BCUT2D eigenvalue weighted by Gasteiger charge is 2.39. The molecule has 0 aromatic carbocycles. The van der Waals surface area contributed by atoms with E-state index in [0.29, 0.717) is 5.92 Å². The van der Waals surface area contributed by atoms with Gasteiger partial charge < -0.3 is 10.5 Å². The Morgan fingerprint density at radius 2 is 1.81 bits per heavy atom. The van der Waals surface area contributed by atoms with Gasteiger partial charge in [-0.1, -0.05) is 38.3 Å². The average Bonchev–Trinajstić information content (AvgIpc) is 2.62. The van der Waals surface area contributed by atoms with Crippen LogP contribution in [0.25, 0.3) is 0 Å². The highest BCUT2D eigenvalue weighted by atomic mass is 35.5. The maximum Gasteiger partial charge on any atom is 0.416 e. The summed E-state index contributed by atoms with van der Waals surface area (Å²) in [5.74, 6) is 1.49. The van der Waals surface area contributed by atoms with Crippen LogP contribution in [0.1, 0.15) is 51.5 Å². The normalized spacial score (nSPS) is 23.9. The van der Waals surface area contributed by atoms with Gasteiger partial charge in [-0.25, -0.2) is 4.98 Å². The molecule has 2 N–H and O–H groups in total. The van der Waals surface area contributed by atoms with Gasteiger partial charge in [-0.2, -0.15) is 13.2 Å². The van der Waals surface area contributed by atoms with Crippen molar-refractivity contribution in [1.82, 2.24) is 4.98 Å². The molecular weight excluding hydrogens is 369 g/mol. The molecule has 1 unspecified atom stereocenters. The first-order chi connectivity index (χ1) is 12.2. The van der Waals surface area contributed by atoms with Gasteiger partial charge in [-0.15, -0.1) is 0 Å². The first kappa shape index (κ1) is 22.5. The van der Waals surface area contributed by atoms with Crippen LogP contribution in [0.4, 0.5) is 19.0 Å². The molecule has 0 spiro atoms. The molecule has 0 radical (unpaired) electrons. The van der Waals surface area contributed by atoms with Gasteiger partial charge in [0, 0.05) is 0 Å². The lowest BCUT2D eigenvalue weighted by Gasteiger charge is -2.40. The van der Waals surface area contributed by atoms with Crippen molar-refractivity contribution < 1.29 is 22.7 Å². The second kappa shape index (κ2) is 10.00. The van der Waals surface area contributed by atoms with E-state index in [2.05, 4.69) is 4.98 Å². The second-order valence-corrected chi connectivity index (χ2v) is 6.63.